The van der Waals surface area contributed by atoms with Crippen molar-refractivity contribution in [1.29, 1.82) is 0 Å². The maximum absolute atomic E-state index is 11.3. The Morgan fingerprint density at radius 3 is 2.10 bits per heavy atom. The zero-order valence-electron chi connectivity index (χ0n) is 13.5. The molecule has 2 N–H and O–H groups in total. The van der Waals surface area contributed by atoms with Crippen molar-refractivity contribution in [3.05, 3.63) is 22.8 Å². The van der Waals surface area contributed by atoms with Crippen molar-refractivity contribution >= 4 is 5.78 Å². The smallest absolute Gasteiger partial charge is 0.186 e. The number of Topliss-reactive ketones (excluding diaryl/α,β-unsaturated/α-hetero) is 1. The van der Waals surface area contributed by atoms with Crippen LogP contribution in [0.25, 0.3) is 0 Å². The molecule has 0 radical (unpaired) electrons. The fourth-order valence-corrected chi connectivity index (χ4v) is 1.85. The Balaban J connectivity index is 0. The molecule has 1 rings (SSSR count). The van der Waals surface area contributed by atoms with Crippen LogP contribution < -0.4 is 0 Å². The molecule has 0 fully saturated rings. The van der Waals surface area contributed by atoms with E-state index in [9.17, 15) is 9.90 Å². The van der Waals surface area contributed by atoms with Gasteiger partial charge in [0.05, 0.1) is 6.61 Å². The molecule has 0 saturated heterocycles. The second-order valence-electron chi connectivity index (χ2n) is 5.68. The monoisotopic (exact) mass is 280 g/mol. The Morgan fingerprint density at radius 1 is 1.35 bits per heavy atom. The lowest BCUT2D eigenvalue weighted by Gasteiger charge is -2.34. The Hall–Kier alpha value is -1.37. The van der Waals surface area contributed by atoms with Gasteiger partial charge in [-0.25, -0.2) is 0 Å². The zero-order chi connectivity index (χ0) is 16.5. The first-order chi connectivity index (χ1) is 9.13. The minimum absolute atomic E-state index is 0.0303. The van der Waals surface area contributed by atoms with Gasteiger partial charge in [-0.1, -0.05) is 31.1 Å². The minimum atomic E-state index is -0.788. The number of aliphatic hydroxyl groups excluding tert-OH is 2. The molecule has 1 unspecified atom stereocenters. The quantitative estimate of drug-likeness (QED) is 0.573. The first-order valence-electron chi connectivity index (χ1n) is 6.61. The van der Waals surface area contributed by atoms with Crippen LogP contribution in [0.15, 0.2) is 22.8 Å². The summed E-state index contributed by atoms with van der Waals surface area (Å²) in [6, 6.07) is 0. The van der Waals surface area contributed by atoms with Gasteiger partial charge in [-0.2, -0.15) is 0 Å². The third-order valence-electron chi connectivity index (χ3n) is 3.45. The first kappa shape index (κ1) is 20.9. The highest BCUT2D eigenvalue weighted by molar-refractivity contribution is 5.99. The summed E-state index contributed by atoms with van der Waals surface area (Å²) in [6.45, 7) is 12.0. The summed E-state index contributed by atoms with van der Waals surface area (Å²) in [5, 5.41) is 17.6. The van der Waals surface area contributed by atoms with Crippen LogP contribution in [0.2, 0.25) is 0 Å². The third-order valence-corrected chi connectivity index (χ3v) is 3.45. The molecule has 114 valence electrons. The maximum Gasteiger partial charge on any atom is 0.186 e. The molecule has 1 atom stereocenters. The van der Waals surface area contributed by atoms with Crippen molar-refractivity contribution in [3.63, 3.8) is 0 Å². The molecule has 0 amide bonds. The highest BCUT2D eigenvalue weighted by atomic mass is 16.3. The van der Waals surface area contributed by atoms with Gasteiger partial charge >= 0.3 is 0 Å². The average Bonchev–Trinajstić information content (AvgIpc) is 2.37. The van der Waals surface area contributed by atoms with Crippen LogP contribution in [-0.2, 0) is 4.79 Å². The Bertz CT molecular complexity index is 394. The molecule has 0 aromatic carbocycles. The van der Waals surface area contributed by atoms with Crippen LogP contribution in [0.1, 0.15) is 48.0 Å². The molecular formula is C17H28O3. The van der Waals surface area contributed by atoms with Gasteiger partial charge in [0.15, 0.2) is 5.78 Å². The SMILES string of the molecule is C#C.CC(C)=CCO.CC1=C(C)C(C)(C)CC(O)C1=O. The zero-order valence-corrected chi connectivity index (χ0v) is 13.5. The number of rotatable bonds is 1. The van der Waals surface area contributed by atoms with E-state index in [4.69, 9.17) is 5.11 Å². The van der Waals surface area contributed by atoms with Crippen LogP contribution in [-0.4, -0.2) is 28.7 Å². The molecule has 3 nitrogen and oxygen atoms in total. The number of carbonyl (C=O) groups is 1. The summed E-state index contributed by atoms with van der Waals surface area (Å²) in [5.74, 6) is -0.105. The molecule has 0 heterocycles. The summed E-state index contributed by atoms with van der Waals surface area (Å²) >= 11 is 0. The fraction of sp³-hybridized carbons (Fsp3) is 0.588. The lowest BCUT2D eigenvalue weighted by molar-refractivity contribution is -0.125. The highest BCUT2D eigenvalue weighted by Gasteiger charge is 2.35. The molecule has 0 aromatic heterocycles. The third kappa shape index (κ3) is 6.70. The van der Waals surface area contributed by atoms with Gasteiger partial charge in [-0.3, -0.25) is 4.79 Å². The van der Waals surface area contributed by atoms with E-state index in [2.05, 4.69) is 26.7 Å². The predicted molar refractivity (Wildman–Crippen MR) is 84.2 cm³/mol. The van der Waals surface area contributed by atoms with Gasteiger partial charge in [-0.05, 0) is 45.1 Å². The number of hydrogen-bond acceptors (Lipinski definition) is 3. The van der Waals surface area contributed by atoms with Gasteiger partial charge in [-0.15, -0.1) is 12.8 Å². The lowest BCUT2D eigenvalue weighted by atomic mass is 9.72. The maximum atomic E-state index is 11.3. The summed E-state index contributed by atoms with van der Waals surface area (Å²) in [5.41, 5.74) is 2.98. The highest BCUT2D eigenvalue weighted by Crippen LogP contribution is 2.38. The van der Waals surface area contributed by atoms with Crippen molar-refractivity contribution in [2.24, 2.45) is 5.41 Å². The molecule has 20 heavy (non-hydrogen) atoms. The van der Waals surface area contributed by atoms with E-state index < -0.39 is 6.10 Å². The number of aliphatic hydroxyl groups is 2. The standard InChI is InChI=1S/C10H16O2.C5H10O.C2H2/c1-6-7(2)10(3,4)5-8(11)9(6)12;1-5(2)3-4-6;1-2/h8,11H,5H2,1-4H3;3,6H,4H2,1-2H3;1-2H. The summed E-state index contributed by atoms with van der Waals surface area (Å²) < 4.78 is 0. The second kappa shape index (κ2) is 9.52. The van der Waals surface area contributed by atoms with Gasteiger partial charge in [0, 0.05) is 0 Å². The van der Waals surface area contributed by atoms with Crippen LogP contribution in [0.5, 0.6) is 0 Å². The molecule has 0 aliphatic heterocycles. The number of carbonyl (C=O) groups excluding carboxylic acids is 1. The number of hydrogen-bond donors (Lipinski definition) is 2. The summed E-state index contributed by atoms with van der Waals surface area (Å²) in [4.78, 5) is 11.3. The minimum Gasteiger partial charge on any atom is -0.392 e. The topological polar surface area (TPSA) is 57.5 Å². The van der Waals surface area contributed by atoms with Crippen molar-refractivity contribution in [2.75, 3.05) is 6.61 Å². The van der Waals surface area contributed by atoms with E-state index in [-0.39, 0.29) is 17.8 Å². The van der Waals surface area contributed by atoms with Gasteiger partial charge in [0.2, 0.25) is 0 Å². The van der Waals surface area contributed by atoms with Crippen molar-refractivity contribution in [3.8, 4) is 12.8 Å². The van der Waals surface area contributed by atoms with Gasteiger partial charge in [0.1, 0.15) is 6.10 Å². The van der Waals surface area contributed by atoms with Gasteiger partial charge in [0.25, 0.3) is 0 Å². The molecule has 0 bridgehead atoms. The van der Waals surface area contributed by atoms with E-state index in [1.807, 2.05) is 20.8 Å². The fourth-order valence-electron chi connectivity index (χ4n) is 1.85. The predicted octanol–water partition coefficient (Wildman–Crippen LogP) is 2.88. The normalized spacial score (nSPS) is 20.1. The molecule has 0 aromatic rings. The number of ketones is 1. The number of allylic oxidation sites excluding steroid dienone is 2. The van der Waals surface area contributed by atoms with Gasteiger partial charge < -0.3 is 10.2 Å². The van der Waals surface area contributed by atoms with E-state index in [0.717, 1.165) is 16.7 Å². The summed E-state index contributed by atoms with van der Waals surface area (Å²) in [6.07, 6.45) is 9.53. The lowest BCUT2D eigenvalue weighted by Crippen LogP contribution is -2.35. The van der Waals surface area contributed by atoms with Crippen molar-refractivity contribution < 1.29 is 15.0 Å². The molecule has 1 aliphatic rings. The Labute approximate surface area is 123 Å². The molecule has 0 saturated carbocycles. The summed E-state index contributed by atoms with van der Waals surface area (Å²) in [7, 11) is 0. The van der Waals surface area contributed by atoms with Crippen molar-refractivity contribution in [1.82, 2.24) is 0 Å². The van der Waals surface area contributed by atoms with Crippen LogP contribution in [0.3, 0.4) is 0 Å². The van der Waals surface area contributed by atoms with Crippen LogP contribution in [0, 0.1) is 18.3 Å². The molecule has 0 spiro atoms. The average molecular weight is 280 g/mol. The van der Waals surface area contributed by atoms with E-state index >= 15 is 0 Å². The second-order valence-corrected chi connectivity index (χ2v) is 5.68. The van der Waals surface area contributed by atoms with E-state index in [1.54, 1.807) is 13.0 Å². The van der Waals surface area contributed by atoms with Crippen LogP contribution >= 0.6 is 0 Å². The van der Waals surface area contributed by atoms with E-state index in [1.165, 1.54) is 0 Å². The largest absolute Gasteiger partial charge is 0.392 e. The number of terminal acetylenes is 1. The first-order valence-corrected chi connectivity index (χ1v) is 6.61. The molecule has 1 aliphatic carbocycles. The Morgan fingerprint density at radius 2 is 1.80 bits per heavy atom. The van der Waals surface area contributed by atoms with E-state index in [0.29, 0.717) is 6.42 Å². The van der Waals surface area contributed by atoms with Crippen molar-refractivity contribution in [2.45, 2.75) is 54.1 Å². The molecular weight excluding hydrogens is 252 g/mol. The van der Waals surface area contributed by atoms with Crippen LogP contribution in [0.4, 0.5) is 0 Å². The Kier molecular flexibility index (Phi) is 9.97. The molecule has 3 heteroatoms.